The lowest BCUT2D eigenvalue weighted by molar-refractivity contribution is 0.325. The Hall–Kier alpha value is -0.540. The van der Waals surface area contributed by atoms with Gasteiger partial charge >= 0.3 is 0 Å². The summed E-state index contributed by atoms with van der Waals surface area (Å²) in [5.41, 5.74) is 0. The van der Waals surface area contributed by atoms with Crippen molar-refractivity contribution in [2.75, 3.05) is 13.1 Å². The number of nitrogens with one attached hydrogen (secondary N) is 1. The Morgan fingerprint density at radius 2 is 2.62 bits per heavy atom. The zero-order valence-electron chi connectivity index (χ0n) is 7.54. The summed E-state index contributed by atoms with van der Waals surface area (Å²) in [5, 5.41) is 8.28. The minimum Gasteiger partial charge on any atom is -0.316 e. The van der Waals surface area contributed by atoms with Gasteiger partial charge in [-0.05, 0) is 31.8 Å². The highest BCUT2D eigenvalue weighted by atomic mass is 35.5. The molecule has 72 valence electrons. The number of halogens is 1. The molecular formula is C9H14ClN3. The summed E-state index contributed by atoms with van der Waals surface area (Å²) >= 11 is 5.78. The van der Waals surface area contributed by atoms with Crippen molar-refractivity contribution in [3.05, 3.63) is 17.4 Å². The average molecular weight is 200 g/mol. The molecular weight excluding hydrogens is 186 g/mol. The monoisotopic (exact) mass is 199 g/mol. The second-order valence-corrected chi connectivity index (χ2v) is 4.03. The van der Waals surface area contributed by atoms with E-state index in [4.69, 9.17) is 11.6 Å². The maximum absolute atomic E-state index is 5.78. The molecule has 0 amide bonds. The number of piperidine rings is 1. The van der Waals surface area contributed by atoms with Gasteiger partial charge in [-0.2, -0.15) is 5.10 Å². The van der Waals surface area contributed by atoms with Crippen molar-refractivity contribution in [3.8, 4) is 0 Å². The maximum Gasteiger partial charge on any atom is 0.0785 e. The Morgan fingerprint density at radius 1 is 1.69 bits per heavy atom. The van der Waals surface area contributed by atoms with Gasteiger partial charge in [-0.3, -0.25) is 4.68 Å². The fourth-order valence-electron chi connectivity index (χ4n) is 1.78. The third-order valence-corrected chi connectivity index (χ3v) is 2.64. The SMILES string of the molecule is Clc1cnn(CC2CCCNC2)c1. The number of hydrogen-bond donors (Lipinski definition) is 1. The first-order chi connectivity index (χ1) is 6.34. The molecule has 1 saturated heterocycles. The average Bonchev–Trinajstić information content (AvgIpc) is 2.53. The summed E-state index contributed by atoms with van der Waals surface area (Å²) < 4.78 is 1.93. The quantitative estimate of drug-likeness (QED) is 0.783. The van der Waals surface area contributed by atoms with Crippen LogP contribution in [0.3, 0.4) is 0 Å². The first kappa shape index (κ1) is 9.03. The van der Waals surface area contributed by atoms with Gasteiger partial charge in [-0.25, -0.2) is 0 Å². The van der Waals surface area contributed by atoms with Crippen LogP contribution in [0.5, 0.6) is 0 Å². The first-order valence-corrected chi connectivity index (χ1v) is 5.11. The summed E-state index contributed by atoms with van der Waals surface area (Å²) in [6.07, 6.45) is 6.15. The second kappa shape index (κ2) is 4.11. The van der Waals surface area contributed by atoms with E-state index in [0.29, 0.717) is 5.92 Å². The van der Waals surface area contributed by atoms with E-state index in [2.05, 4.69) is 10.4 Å². The first-order valence-electron chi connectivity index (χ1n) is 4.73. The molecule has 3 nitrogen and oxygen atoms in total. The van der Waals surface area contributed by atoms with Crippen LogP contribution in [0, 0.1) is 5.92 Å². The Kier molecular flexibility index (Phi) is 2.86. The molecule has 0 aliphatic carbocycles. The molecule has 1 aliphatic heterocycles. The van der Waals surface area contributed by atoms with Gasteiger partial charge in [0.05, 0.1) is 11.2 Å². The van der Waals surface area contributed by atoms with E-state index in [1.54, 1.807) is 6.20 Å². The molecule has 0 bridgehead atoms. The van der Waals surface area contributed by atoms with Gasteiger partial charge < -0.3 is 5.32 Å². The van der Waals surface area contributed by atoms with E-state index in [1.807, 2.05) is 10.9 Å². The summed E-state index contributed by atoms with van der Waals surface area (Å²) in [6, 6.07) is 0. The highest BCUT2D eigenvalue weighted by molar-refractivity contribution is 6.30. The summed E-state index contributed by atoms with van der Waals surface area (Å²) in [4.78, 5) is 0. The standard InChI is InChI=1S/C9H14ClN3/c10-9-5-12-13(7-9)6-8-2-1-3-11-4-8/h5,7-8,11H,1-4,6H2. The van der Waals surface area contributed by atoms with Gasteiger partial charge in [0, 0.05) is 12.7 Å². The second-order valence-electron chi connectivity index (χ2n) is 3.59. The summed E-state index contributed by atoms with van der Waals surface area (Å²) in [6.45, 7) is 3.26. The van der Waals surface area contributed by atoms with Crippen LogP contribution in [-0.4, -0.2) is 22.9 Å². The minimum absolute atomic E-state index is 0.713. The minimum atomic E-state index is 0.713. The third-order valence-electron chi connectivity index (χ3n) is 2.45. The highest BCUT2D eigenvalue weighted by Gasteiger charge is 2.13. The number of nitrogens with zero attached hydrogens (tertiary/aromatic N) is 2. The molecule has 0 saturated carbocycles. The zero-order valence-corrected chi connectivity index (χ0v) is 8.30. The molecule has 1 aliphatic rings. The van der Waals surface area contributed by atoms with Crippen LogP contribution in [0.1, 0.15) is 12.8 Å². The van der Waals surface area contributed by atoms with Crippen LogP contribution < -0.4 is 5.32 Å². The molecule has 1 N–H and O–H groups in total. The molecule has 0 radical (unpaired) electrons. The smallest absolute Gasteiger partial charge is 0.0785 e. The van der Waals surface area contributed by atoms with Crippen LogP contribution in [0.15, 0.2) is 12.4 Å². The van der Waals surface area contributed by atoms with Gasteiger partial charge in [0.25, 0.3) is 0 Å². The van der Waals surface area contributed by atoms with Crippen molar-refractivity contribution in [3.63, 3.8) is 0 Å². The van der Waals surface area contributed by atoms with Crippen molar-refractivity contribution >= 4 is 11.6 Å². The van der Waals surface area contributed by atoms with E-state index in [9.17, 15) is 0 Å². The van der Waals surface area contributed by atoms with E-state index >= 15 is 0 Å². The fourth-order valence-corrected chi connectivity index (χ4v) is 1.94. The van der Waals surface area contributed by atoms with Crippen molar-refractivity contribution < 1.29 is 0 Å². The van der Waals surface area contributed by atoms with Crippen LogP contribution in [0.4, 0.5) is 0 Å². The normalized spacial score (nSPS) is 23.3. The third kappa shape index (κ3) is 2.45. The molecule has 1 aromatic rings. The Balaban J connectivity index is 1.89. The fraction of sp³-hybridized carbons (Fsp3) is 0.667. The van der Waals surface area contributed by atoms with Gasteiger partial charge in [0.15, 0.2) is 0 Å². The van der Waals surface area contributed by atoms with Gasteiger partial charge in [0.1, 0.15) is 0 Å². The number of rotatable bonds is 2. The number of hydrogen-bond acceptors (Lipinski definition) is 2. The molecule has 13 heavy (non-hydrogen) atoms. The lowest BCUT2D eigenvalue weighted by Crippen LogP contribution is -2.32. The van der Waals surface area contributed by atoms with E-state index in [0.717, 1.165) is 24.7 Å². The Bertz CT molecular complexity index is 266. The van der Waals surface area contributed by atoms with E-state index in [1.165, 1.54) is 12.8 Å². The van der Waals surface area contributed by atoms with Crippen molar-refractivity contribution in [1.29, 1.82) is 0 Å². The van der Waals surface area contributed by atoms with E-state index < -0.39 is 0 Å². The van der Waals surface area contributed by atoms with Crippen LogP contribution >= 0.6 is 11.6 Å². The molecule has 1 atom stereocenters. The Labute approximate surface area is 83.1 Å². The molecule has 2 rings (SSSR count). The highest BCUT2D eigenvalue weighted by Crippen LogP contribution is 2.13. The van der Waals surface area contributed by atoms with Gasteiger partial charge in [-0.1, -0.05) is 11.6 Å². The molecule has 2 heterocycles. The largest absolute Gasteiger partial charge is 0.316 e. The van der Waals surface area contributed by atoms with Gasteiger partial charge in [-0.15, -0.1) is 0 Å². The molecule has 1 unspecified atom stereocenters. The molecule has 0 aromatic carbocycles. The lowest BCUT2D eigenvalue weighted by atomic mass is 10.00. The molecule has 1 aromatic heterocycles. The lowest BCUT2D eigenvalue weighted by Gasteiger charge is -2.22. The molecule has 1 fully saturated rings. The molecule has 0 spiro atoms. The summed E-state index contributed by atoms with van der Waals surface area (Å²) in [5.74, 6) is 0.713. The van der Waals surface area contributed by atoms with Crippen LogP contribution in [0.25, 0.3) is 0 Å². The predicted octanol–water partition coefficient (Wildman–Crippen LogP) is 1.54. The molecule has 4 heteroatoms. The maximum atomic E-state index is 5.78. The zero-order chi connectivity index (χ0) is 9.10. The topological polar surface area (TPSA) is 29.9 Å². The number of aromatic nitrogens is 2. The van der Waals surface area contributed by atoms with Crippen molar-refractivity contribution in [1.82, 2.24) is 15.1 Å². The van der Waals surface area contributed by atoms with Crippen LogP contribution in [-0.2, 0) is 6.54 Å². The van der Waals surface area contributed by atoms with Crippen LogP contribution in [0.2, 0.25) is 5.02 Å². The van der Waals surface area contributed by atoms with Gasteiger partial charge in [0.2, 0.25) is 0 Å². The summed E-state index contributed by atoms with van der Waals surface area (Å²) in [7, 11) is 0. The predicted molar refractivity (Wildman–Crippen MR) is 52.8 cm³/mol. The van der Waals surface area contributed by atoms with Crippen molar-refractivity contribution in [2.45, 2.75) is 19.4 Å². The Morgan fingerprint density at radius 3 is 3.23 bits per heavy atom. The van der Waals surface area contributed by atoms with E-state index in [-0.39, 0.29) is 0 Å². The van der Waals surface area contributed by atoms with Crippen molar-refractivity contribution in [2.24, 2.45) is 5.92 Å².